The maximum Gasteiger partial charge on any atom is 0.573 e. The van der Waals surface area contributed by atoms with E-state index in [9.17, 15) is 22.8 Å². The average Bonchev–Trinajstić information content (AvgIpc) is 3.78. The minimum atomic E-state index is -4.78. The van der Waals surface area contributed by atoms with Crippen LogP contribution in [0.1, 0.15) is 36.3 Å². The summed E-state index contributed by atoms with van der Waals surface area (Å²) < 4.78 is 43.4. The number of carbonyl (C=O) groups excluding carboxylic acids is 2. The summed E-state index contributed by atoms with van der Waals surface area (Å²) in [6.45, 7) is 4.91. The Morgan fingerprint density at radius 1 is 1.10 bits per heavy atom. The number of nitrogens with zero attached hydrogens (tertiary/aromatic N) is 2. The summed E-state index contributed by atoms with van der Waals surface area (Å²) >= 11 is 1.25. The highest BCUT2D eigenvalue weighted by molar-refractivity contribution is 7.97. The molecule has 11 heteroatoms. The third-order valence-corrected chi connectivity index (χ3v) is 7.91. The van der Waals surface area contributed by atoms with E-state index in [1.165, 1.54) is 60.8 Å². The zero-order valence-electron chi connectivity index (χ0n) is 22.5. The SMILES string of the molecule is C=C/C=C(\C=C/N)CC(=O)N1CCN(Sc2ccc(OC(F)(F)F)cc2)[C@@H](C(=O)NCc2ccc(C3CC3)cc2)C1. The predicted octanol–water partition coefficient (Wildman–Crippen LogP) is 5.27. The molecule has 7 nitrogen and oxygen atoms in total. The summed E-state index contributed by atoms with van der Waals surface area (Å²) in [7, 11) is 0. The van der Waals surface area contributed by atoms with Gasteiger partial charge in [-0.15, -0.1) is 13.2 Å². The van der Waals surface area contributed by atoms with Gasteiger partial charge in [0.05, 0.1) is 6.42 Å². The largest absolute Gasteiger partial charge is 0.573 e. The van der Waals surface area contributed by atoms with Gasteiger partial charge >= 0.3 is 6.36 Å². The van der Waals surface area contributed by atoms with Gasteiger partial charge in [0, 0.05) is 31.1 Å². The van der Waals surface area contributed by atoms with Crippen LogP contribution in [-0.2, 0) is 16.1 Å². The lowest BCUT2D eigenvalue weighted by atomic mass is 10.1. The molecule has 1 heterocycles. The molecule has 2 aromatic carbocycles. The zero-order chi connectivity index (χ0) is 29.4. The minimum Gasteiger partial charge on any atom is -0.406 e. The van der Waals surface area contributed by atoms with Gasteiger partial charge in [0.2, 0.25) is 11.8 Å². The Labute approximate surface area is 242 Å². The Hall–Kier alpha value is -3.70. The molecule has 1 atom stereocenters. The van der Waals surface area contributed by atoms with Gasteiger partial charge in [-0.2, -0.15) is 0 Å². The number of ether oxygens (including phenoxy) is 1. The number of amides is 2. The van der Waals surface area contributed by atoms with Gasteiger partial charge in [-0.3, -0.25) is 9.59 Å². The van der Waals surface area contributed by atoms with Gasteiger partial charge in [0.25, 0.3) is 0 Å². The number of hydrogen-bond acceptors (Lipinski definition) is 6. The Bertz CT molecular complexity index is 1280. The van der Waals surface area contributed by atoms with Crippen LogP contribution in [-0.4, -0.2) is 53.1 Å². The average molecular weight is 587 g/mol. The van der Waals surface area contributed by atoms with E-state index in [1.807, 2.05) is 16.4 Å². The molecule has 0 aromatic heterocycles. The first-order chi connectivity index (χ1) is 19.6. The fourth-order valence-corrected chi connectivity index (χ4v) is 5.51. The van der Waals surface area contributed by atoms with Crippen molar-refractivity contribution in [3.8, 4) is 5.75 Å². The second-order valence-electron chi connectivity index (χ2n) is 9.85. The first kappa shape index (κ1) is 30.3. The first-order valence-electron chi connectivity index (χ1n) is 13.3. The van der Waals surface area contributed by atoms with E-state index in [0.717, 1.165) is 5.56 Å². The van der Waals surface area contributed by atoms with Gasteiger partial charge in [-0.05, 0) is 83.9 Å². The summed E-state index contributed by atoms with van der Waals surface area (Å²) in [6.07, 6.45) is 4.03. The molecule has 2 amide bonds. The maximum absolute atomic E-state index is 13.5. The van der Waals surface area contributed by atoms with Crippen LogP contribution in [0.15, 0.2) is 90.0 Å². The molecule has 1 saturated carbocycles. The Kier molecular flexibility index (Phi) is 10.2. The summed E-state index contributed by atoms with van der Waals surface area (Å²) in [5.41, 5.74) is 8.48. The number of benzene rings is 2. The van der Waals surface area contributed by atoms with E-state index in [1.54, 1.807) is 23.1 Å². The summed E-state index contributed by atoms with van der Waals surface area (Å²) in [4.78, 5) is 28.9. The van der Waals surface area contributed by atoms with Crippen LogP contribution in [0.4, 0.5) is 13.2 Å². The van der Waals surface area contributed by atoms with Crippen LogP contribution in [0.25, 0.3) is 0 Å². The second-order valence-corrected chi connectivity index (χ2v) is 11.0. The lowest BCUT2D eigenvalue weighted by Gasteiger charge is -2.39. The number of allylic oxidation sites excluding steroid dienone is 3. The maximum atomic E-state index is 13.5. The number of alkyl halides is 3. The van der Waals surface area contributed by atoms with Crippen molar-refractivity contribution < 1.29 is 27.5 Å². The van der Waals surface area contributed by atoms with E-state index in [-0.39, 0.29) is 30.5 Å². The van der Waals surface area contributed by atoms with Crippen LogP contribution in [0.3, 0.4) is 0 Å². The molecule has 1 aliphatic carbocycles. The molecule has 2 fully saturated rings. The Balaban J connectivity index is 1.45. The standard InChI is InChI=1S/C30H33F3N4O3S/c1-2-3-21(14-15-34)18-28(38)36-16-17-37(41-26-12-10-25(11-13-26)40-30(31,32)33)27(20-36)29(39)35-19-22-4-6-23(7-5-22)24-8-9-24/h2-7,10-15,24,27H,1,8-9,16-20,34H2,(H,35,39)/b15-14-,21-3+/t27-/m1/s1. The molecule has 1 aliphatic heterocycles. The molecule has 0 radical (unpaired) electrons. The lowest BCUT2D eigenvalue weighted by Crippen LogP contribution is -2.57. The quantitative estimate of drug-likeness (QED) is 0.276. The van der Waals surface area contributed by atoms with E-state index < -0.39 is 12.4 Å². The van der Waals surface area contributed by atoms with Crippen molar-refractivity contribution in [1.82, 2.24) is 14.5 Å². The number of hydrogen-bond donors (Lipinski definition) is 2. The zero-order valence-corrected chi connectivity index (χ0v) is 23.3. The van der Waals surface area contributed by atoms with Crippen LogP contribution in [0, 0.1) is 0 Å². The molecule has 218 valence electrons. The molecular formula is C30H33F3N4O3S. The first-order valence-corrected chi connectivity index (χ1v) is 14.1. The van der Waals surface area contributed by atoms with Crippen molar-refractivity contribution in [3.63, 3.8) is 0 Å². The van der Waals surface area contributed by atoms with E-state index in [2.05, 4.69) is 28.8 Å². The number of halogens is 3. The van der Waals surface area contributed by atoms with Crippen molar-refractivity contribution in [2.24, 2.45) is 5.73 Å². The highest BCUT2D eigenvalue weighted by Gasteiger charge is 2.35. The highest BCUT2D eigenvalue weighted by atomic mass is 32.2. The summed E-state index contributed by atoms with van der Waals surface area (Å²) in [5, 5.41) is 3.00. The predicted molar refractivity (Wildman–Crippen MR) is 153 cm³/mol. The smallest absolute Gasteiger partial charge is 0.406 e. The van der Waals surface area contributed by atoms with E-state index in [4.69, 9.17) is 5.73 Å². The molecule has 0 unspecified atom stereocenters. The fourth-order valence-electron chi connectivity index (χ4n) is 4.52. The van der Waals surface area contributed by atoms with Gasteiger partial charge in [0.15, 0.2) is 0 Å². The monoisotopic (exact) mass is 586 g/mol. The number of carbonyl (C=O) groups is 2. The van der Waals surface area contributed by atoms with E-state index in [0.29, 0.717) is 36.0 Å². The molecule has 0 spiro atoms. The molecule has 3 N–H and O–H groups in total. The van der Waals surface area contributed by atoms with Crippen LogP contribution < -0.4 is 15.8 Å². The van der Waals surface area contributed by atoms with Gasteiger partial charge in [-0.25, -0.2) is 4.31 Å². The number of nitrogens with two attached hydrogens (primary N) is 1. The Morgan fingerprint density at radius 2 is 1.80 bits per heavy atom. The molecular weight excluding hydrogens is 553 g/mol. The number of piperazine rings is 1. The van der Waals surface area contributed by atoms with Crippen molar-refractivity contribution in [2.45, 2.75) is 49.0 Å². The molecule has 2 aliphatic rings. The van der Waals surface area contributed by atoms with Gasteiger partial charge in [0.1, 0.15) is 11.8 Å². The summed E-state index contributed by atoms with van der Waals surface area (Å²) in [6, 6.07) is 13.0. The van der Waals surface area contributed by atoms with Crippen molar-refractivity contribution in [3.05, 3.63) is 96.2 Å². The third-order valence-electron chi connectivity index (χ3n) is 6.76. The fraction of sp³-hybridized carbons (Fsp3) is 0.333. The summed E-state index contributed by atoms with van der Waals surface area (Å²) in [5.74, 6) is -0.0783. The van der Waals surface area contributed by atoms with Crippen molar-refractivity contribution in [2.75, 3.05) is 19.6 Å². The number of rotatable bonds is 11. The lowest BCUT2D eigenvalue weighted by molar-refractivity contribution is -0.274. The second kappa shape index (κ2) is 13.8. The molecule has 1 saturated heterocycles. The third kappa shape index (κ3) is 9.15. The van der Waals surface area contributed by atoms with Gasteiger partial charge in [-0.1, -0.05) is 43.0 Å². The number of nitrogens with one attached hydrogen (secondary N) is 1. The van der Waals surface area contributed by atoms with Crippen molar-refractivity contribution >= 4 is 23.8 Å². The molecule has 0 bridgehead atoms. The van der Waals surface area contributed by atoms with Crippen molar-refractivity contribution in [1.29, 1.82) is 0 Å². The Morgan fingerprint density at radius 3 is 2.41 bits per heavy atom. The highest BCUT2D eigenvalue weighted by Crippen LogP contribution is 2.40. The normalized spacial score (nSPS) is 18.4. The molecule has 41 heavy (non-hydrogen) atoms. The van der Waals surface area contributed by atoms with Crippen LogP contribution in [0.2, 0.25) is 0 Å². The minimum absolute atomic E-state index is 0.106. The van der Waals surface area contributed by atoms with Gasteiger partial charge < -0.3 is 20.7 Å². The molecule has 2 aromatic rings. The van der Waals surface area contributed by atoms with Crippen LogP contribution >= 0.6 is 11.9 Å². The molecule has 4 rings (SSSR count). The van der Waals surface area contributed by atoms with Crippen LogP contribution in [0.5, 0.6) is 5.75 Å². The van der Waals surface area contributed by atoms with E-state index >= 15 is 0 Å². The topological polar surface area (TPSA) is 87.9 Å².